The number of ether oxygens (including phenoxy) is 2. The Morgan fingerprint density at radius 1 is 0.973 bits per heavy atom. The molecular formula is C29H29N3O5. The molecule has 4 aromatic rings. The Labute approximate surface area is 214 Å². The van der Waals surface area contributed by atoms with Gasteiger partial charge in [-0.2, -0.15) is 0 Å². The van der Waals surface area contributed by atoms with Crippen molar-refractivity contribution in [1.29, 1.82) is 0 Å². The van der Waals surface area contributed by atoms with Crippen LogP contribution in [-0.2, 0) is 25.7 Å². The van der Waals surface area contributed by atoms with Crippen molar-refractivity contribution >= 4 is 51.0 Å². The van der Waals surface area contributed by atoms with E-state index in [2.05, 4.69) is 28.9 Å². The molecule has 0 aliphatic carbocycles. The minimum Gasteiger partial charge on any atom is -0.494 e. The summed E-state index contributed by atoms with van der Waals surface area (Å²) in [5.74, 6) is -1.05. The largest absolute Gasteiger partial charge is 0.494 e. The van der Waals surface area contributed by atoms with E-state index >= 15 is 0 Å². The number of benzene rings is 3. The molecule has 1 N–H and O–H groups in total. The number of amides is 2. The zero-order valence-corrected chi connectivity index (χ0v) is 20.9. The highest BCUT2D eigenvalue weighted by molar-refractivity contribution is 6.10. The number of aromatic nitrogens is 1. The van der Waals surface area contributed by atoms with Gasteiger partial charge in [0.15, 0.2) is 6.61 Å². The summed E-state index contributed by atoms with van der Waals surface area (Å²) in [6.45, 7) is 5.20. The molecule has 190 valence electrons. The molecule has 0 spiro atoms. The fourth-order valence-corrected chi connectivity index (χ4v) is 4.93. The number of nitrogens with zero attached hydrogens (tertiary/aromatic N) is 2. The third kappa shape index (κ3) is 4.87. The Bertz CT molecular complexity index is 1470. The van der Waals surface area contributed by atoms with Gasteiger partial charge in [-0.1, -0.05) is 18.2 Å². The first-order valence-corrected chi connectivity index (χ1v) is 12.5. The maximum atomic E-state index is 12.6. The van der Waals surface area contributed by atoms with Crippen LogP contribution in [0.25, 0.3) is 21.8 Å². The van der Waals surface area contributed by atoms with Crippen LogP contribution in [0.4, 0.5) is 11.4 Å². The molecule has 1 aliphatic rings. The van der Waals surface area contributed by atoms with Crippen LogP contribution in [0.5, 0.6) is 5.75 Å². The lowest BCUT2D eigenvalue weighted by Crippen LogP contribution is -2.28. The lowest BCUT2D eigenvalue weighted by atomic mass is 10.1. The third-order valence-electron chi connectivity index (χ3n) is 6.64. The van der Waals surface area contributed by atoms with Gasteiger partial charge < -0.3 is 24.3 Å². The van der Waals surface area contributed by atoms with E-state index in [0.29, 0.717) is 18.0 Å². The second-order valence-electron chi connectivity index (χ2n) is 8.98. The SMILES string of the molecule is CCOc1ccc(N2CC(C(=O)OCC(=O)Nc3ccc4c(c3)c3ccccc3n4CC)CC2=O)cc1. The summed E-state index contributed by atoms with van der Waals surface area (Å²) in [4.78, 5) is 39.2. The van der Waals surface area contributed by atoms with Gasteiger partial charge in [-0.05, 0) is 62.4 Å². The molecule has 1 aliphatic heterocycles. The average molecular weight is 500 g/mol. The van der Waals surface area contributed by atoms with Crippen molar-refractivity contribution in [3.63, 3.8) is 0 Å². The Hall–Kier alpha value is -4.33. The number of hydrogen-bond donors (Lipinski definition) is 1. The van der Waals surface area contributed by atoms with Gasteiger partial charge in [-0.25, -0.2) is 0 Å². The van der Waals surface area contributed by atoms with E-state index in [1.807, 2.05) is 37.3 Å². The first-order valence-electron chi connectivity index (χ1n) is 12.5. The predicted octanol–water partition coefficient (Wildman–Crippen LogP) is 4.75. The number of aryl methyl sites for hydroxylation is 1. The Kier molecular flexibility index (Phi) is 6.81. The molecule has 0 radical (unpaired) electrons. The van der Waals surface area contributed by atoms with Crippen LogP contribution in [0, 0.1) is 5.92 Å². The molecule has 8 nitrogen and oxygen atoms in total. The minimum atomic E-state index is -0.622. The first-order chi connectivity index (χ1) is 18.0. The van der Waals surface area contributed by atoms with Crippen molar-refractivity contribution < 1.29 is 23.9 Å². The Morgan fingerprint density at radius 2 is 1.73 bits per heavy atom. The van der Waals surface area contributed by atoms with Crippen molar-refractivity contribution in [3.8, 4) is 5.75 Å². The molecule has 1 fully saturated rings. The molecule has 1 unspecified atom stereocenters. The normalized spacial score (nSPS) is 15.4. The summed E-state index contributed by atoms with van der Waals surface area (Å²) in [7, 11) is 0. The van der Waals surface area contributed by atoms with Crippen LogP contribution < -0.4 is 15.0 Å². The molecule has 1 aromatic heterocycles. The summed E-state index contributed by atoms with van der Waals surface area (Å²) in [5.41, 5.74) is 3.56. The molecule has 1 saturated heterocycles. The van der Waals surface area contributed by atoms with E-state index in [0.717, 1.165) is 34.1 Å². The van der Waals surface area contributed by atoms with E-state index < -0.39 is 24.4 Å². The molecule has 3 aromatic carbocycles. The standard InChI is InChI=1S/C29H29N3O5/c1-3-31-25-8-6-5-7-23(25)24-16-20(9-14-26(24)31)30-27(33)18-37-29(35)19-15-28(34)32(17-19)21-10-12-22(13-11-21)36-4-2/h5-14,16,19H,3-4,15,17-18H2,1-2H3,(H,30,33). The van der Waals surface area contributed by atoms with E-state index in [-0.39, 0.29) is 18.9 Å². The van der Waals surface area contributed by atoms with Gasteiger partial charge in [0, 0.05) is 52.7 Å². The first kappa shape index (κ1) is 24.4. The maximum absolute atomic E-state index is 12.6. The molecule has 2 heterocycles. The van der Waals surface area contributed by atoms with E-state index in [9.17, 15) is 14.4 Å². The van der Waals surface area contributed by atoms with Gasteiger partial charge in [0.05, 0.1) is 12.5 Å². The number of para-hydroxylation sites is 1. The maximum Gasteiger partial charge on any atom is 0.311 e. The third-order valence-corrected chi connectivity index (χ3v) is 6.64. The summed E-state index contributed by atoms with van der Waals surface area (Å²) in [6.07, 6.45) is 0.0474. The van der Waals surface area contributed by atoms with Crippen LogP contribution in [-0.4, -0.2) is 42.1 Å². The number of rotatable bonds is 8. The number of nitrogens with one attached hydrogen (secondary N) is 1. The number of carbonyl (C=O) groups excluding carboxylic acids is 3. The molecule has 37 heavy (non-hydrogen) atoms. The van der Waals surface area contributed by atoms with E-state index in [1.54, 1.807) is 29.2 Å². The second kappa shape index (κ2) is 10.3. The van der Waals surface area contributed by atoms with Gasteiger partial charge >= 0.3 is 5.97 Å². The summed E-state index contributed by atoms with van der Waals surface area (Å²) < 4.78 is 12.9. The number of carbonyl (C=O) groups is 3. The van der Waals surface area contributed by atoms with Crippen LogP contribution in [0.2, 0.25) is 0 Å². The Balaban J connectivity index is 1.19. The molecular weight excluding hydrogens is 470 g/mol. The summed E-state index contributed by atoms with van der Waals surface area (Å²) in [6, 6.07) is 21.1. The van der Waals surface area contributed by atoms with Crippen molar-refractivity contribution in [2.24, 2.45) is 5.92 Å². The number of fused-ring (bicyclic) bond motifs is 3. The van der Waals surface area contributed by atoms with E-state index in [1.165, 1.54) is 0 Å². The monoisotopic (exact) mass is 499 g/mol. The highest BCUT2D eigenvalue weighted by Gasteiger charge is 2.36. The number of esters is 1. The highest BCUT2D eigenvalue weighted by Crippen LogP contribution is 2.31. The van der Waals surface area contributed by atoms with Crippen molar-refractivity contribution in [2.45, 2.75) is 26.8 Å². The molecule has 1 atom stereocenters. The zero-order chi connectivity index (χ0) is 25.9. The van der Waals surface area contributed by atoms with Gasteiger partial charge in [0.1, 0.15) is 5.75 Å². The molecule has 8 heteroatoms. The second-order valence-corrected chi connectivity index (χ2v) is 8.98. The fourth-order valence-electron chi connectivity index (χ4n) is 4.93. The lowest BCUT2D eigenvalue weighted by molar-refractivity contribution is -0.151. The molecule has 2 amide bonds. The van der Waals surface area contributed by atoms with Crippen LogP contribution in [0.15, 0.2) is 66.7 Å². The quantitative estimate of drug-likeness (QED) is 0.354. The molecule has 0 bridgehead atoms. The van der Waals surface area contributed by atoms with Gasteiger partial charge in [-0.3, -0.25) is 14.4 Å². The number of anilines is 2. The van der Waals surface area contributed by atoms with Crippen LogP contribution in [0.1, 0.15) is 20.3 Å². The zero-order valence-electron chi connectivity index (χ0n) is 20.9. The smallest absolute Gasteiger partial charge is 0.311 e. The average Bonchev–Trinajstić information content (AvgIpc) is 3.45. The van der Waals surface area contributed by atoms with Gasteiger partial charge in [0.2, 0.25) is 5.91 Å². The van der Waals surface area contributed by atoms with Crippen molar-refractivity contribution in [1.82, 2.24) is 4.57 Å². The molecule has 0 saturated carbocycles. The van der Waals surface area contributed by atoms with Crippen LogP contribution >= 0.6 is 0 Å². The minimum absolute atomic E-state index is 0.0474. The summed E-state index contributed by atoms with van der Waals surface area (Å²) >= 11 is 0. The van der Waals surface area contributed by atoms with E-state index in [4.69, 9.17) is 9.47 Å². The topological polar surface area (TPSA) is 89.9 Å². The van der Waals surface area contributed by atoms with Crippen LogP contribution in [0.3, 0.4) is 0 Å². The predicted molar refractivity (Wildman–Crippen MR) is 143 cm³/mol. The van der Waals surface area contributed by atoms with Crippen molar-refractivity contribution in [2.75, 3.05) is 30.0 Å². The lowest BCUT2D eigenvalue weighted by Gasteiger charge is -2.17. The van der Waals surface area contributed by atoms with Crippen molar-refractivity contribution in [3.05, 3.63) is 66.7 Å². The Morgan fingerprint density at radius 3 is 2.49 bits per heavy atom. The van der Waals surface area contributed by atoms with Gasteiger partial charge in [0.25, 0.3) is 5.91 Å². The highest BCUT2D eigenvalue weighted by atomic mass is 16.5. The molecule has 5 rings (SSSR count). The summed E-state index contributed by atoms with van der Waals surface area (Å²) in [5, 5.41) is 4.98. The number of hydrogen-bond acceptors (Lipinski definition) is 5. The van der Waals surface area contributed by atoms with Gasteiger partial charge in [-0.15, -0.1) is 0 Å². The fraction of sp³-hybridized carbons (Fsp3) is 0.276.